The van der Waals surface area contributed by atoms with Gasteiger partial charge in [-0.1, -0.05) is 0 Å². The van der Waals surface area contributed by atoms with E-state index in [2.05, 4.69) is 25.6 Å². The first kappa shape index (κ1) is 14.6. The third-order valence-corrected chi connectivity index (χ3v) is 5.80. The van der Waals surface area contributed by atoms with Crippen molar-refractivity contribution in [3.05, 3.63) is 50.9 Å². The summed E-state index contributed by atoms with van der Waals surface area (Å²) in [6, 6.07) is 5.56. The second-order valence-corrected chi connectivity index (χ2v) is 7.72. The molecule has 2 heterocycles. The fourth-order valence-corrected chi connectivity index (χ4v) is 4.04. The van der Waals surface area contributed by atoms with Crippen molar-refractivity contribution >= 4 is 37.3 Å². The smallest absolute Gasteiger partial charge is 0.212 e. The molecule has 0 bridgehead atoms. The molecule has 102 valence electrons. The first-order valence-electron chi connectivity index (χ1n) is 5.65. The lowest BCUT2D eigenvalue weighted by molar-refractivity contribution is 0.581. The van der Waals surface area contributed by atoms with Crippen molar-refractivity contribution in [1.29, 1.82) is 0 Å². The quantitative estimate of drug-likeness (QED) is 0.860. The molecule has 7 heteroatoms. The van der Waals surface area contributed by atoms with Gasteiger partial charge in [-0.2, -0.15) is 0 Å². The zero-order valence-electron chi connectivity index (χ0n) is 10.0. The number of aryl methyl sites for hydroxylation is 1. The molecular formula is C12H13BrN2O2S2. The zero-order valence-corrected chi connectivity index (χ0v) is 13.3. The number of halogens is 1. The molecule has 0 atom stereocenters. The van der Waals surface area contributed by atoms with Crippen LogP contribution in [-0.4, -0.2) is 19.2 Å². The molecule has 0 unspecified atom stereocenters. The Kier molecular flexibility index (Phi) is 5.09. The van der Waals surface area contributed by atoms with Gasteiger partial charge in [-0.15, -0.1) is 11.3 Å². The minimum atomic E-state index is -3.26. The largest absolute Gasteiger partial charge is 0.265 e. The Hall–Kier alpha value is -0.760. The molecule has 0 saturated carbocycles. The third-order valence-electron chi connectivity index (χ3n) is 2.55. The lowest BCUT2D eigenvalue weighted by Gasteiger charge is -2.06. The van der Waals surface area contributed by atoms with Gasteiger partial charge in [-0.3, -0.25) is 4.98 Å². The molecule has 2 aromatic rings. The van der Waals surface area contributed by atoms with Crippen molar-refractivity contribution in [2.24, 2.45) is 0 Å². The number of rotatable bonds is 6. The van der Waals surface area contributed by atoms with Gasteiger partial charge in [0.05, 0.1) is 5.75 Å². The number of sulfonamides is 1. The number of pyridine rings is 1. The lowest BCUT2D eigenvalue weighted by Crippen LogP contribution is -2.26. The predicted molar refractivity (Wildman–Crippen MR) is 80.6 cm³/mol. The number of nitrogens with zero attached hydrogens (tertiary/aromatic N) is 1. The molecule has 2 aromatic heterocycles. The Balaban J connectivity index is 1.87. The highest BCUT2D eigenvalue weighted by Crippen LogP contribution is 2.22. The van der Waals surface area contributed by atoms with Crippen LogP contribution in [0.15, 0.2) is 40.4 Å². The van der Waals surface area contributed by atoms with Crippen molar-refractivity contribution in [2.75, 3.05) is 5.75 Å². The summed E-state index contributed by atoms with van der Waals surface area (Å²) >= 11 is 4.90. The average Bonchev–Trinajstić information content (AvgIpc) is 2.81. The molecule has 0 aliphatic carbocycles. The summed E-state index contributed by atoms with van der Waals surface area (Å²) in [5.74, 6) is 0.0833. The van der Waals surface area contributed by atoms with Gasteiger partial charge in [0.25, 0.3) is 0 Å². The molecule has 0 radical (unpaired) electrons. The van der Waals surface area contributed by atoms with Gasteiger partial charge in [0.1, 0.15) is 0 Å². The number of hydrogen-bond acceptors (Lipinski definition) is 4. The van der Waals surface area contributed by atoms with Crippen LogP contribution in [0.3, 0.4) is 0 Å². The molecule has 4 nitrogen and oxygen atoms in total. The summed E-state index contributed by atoms with van der Waals surface area (Å²) in [4.78, 5) is 4.88. The Morgan fingerprint density at radius 2 is 2.00 bits per heavy atom. The molecule has 0 fully saturated rings. The van der Waals surface area contributed by atoms with Crippen LogP contribution in [0.25, 0.3) is 0 Å². The van der Waals surface area contributed by atoms with E-state index in [9.17, 15) is 8.42 Å². The van der Waals surface area contributed by atoms with Gasteiger partial charge < -0.3 is 0 Å². The maximum atomic E-state index is 11.9. The van der Waals surface area contributed by atoms with E-state index in [0.29, 0.717) is 13.0 Å². The fraction of sp³-hybridized carbons (Fsp3) is 0.250. The van der Waals surface area contributed by atoms with Gasteiger partial charge in [0, 0.05) is 28.3 Å². The molecule has 0 aliphatic heterocycles. The van der Waals surface area contributed by atoms with E-state index in [1.54, 1.807) is 12.4 Å². The summed E-state index contributed by atoms with van der Waals surface area (Å²) in [7, 11) is -3.26. The average molecular weight is 361 g/mol. The van der Waals surface area contributed by atoms with Crippen molar-refractivity contribution in [3.8, 4) is 0 Å². The molecule has 0 saturated heterocycles. The number of nitrogens with one attached hydrogen (secondary N) is 1. The molecular weight excluding hydrogens is 348 g/mol. The summed E-state index contributed by atoms with van der Waals surface area (Å²) in [5.41, 5.74) is 0.970. The Bertz CT molecular complexity index is 626. The van der Waals surface area contributed by atoms with Gasteiger partial charge in [0.15, 0.2) is 0 Å². The van der Waals surface area contributed by atoms with Crippen LogP contribution in [0, 0.1) is 0 Å². The van der Waals surface area contributed by atoms with Gasteiger partial charge in [-0.05, 0) is 51.5 Å². The Morgan fingerprint density at radius 3 is 2.63 bits per heavy atom. The second-order valence-electron chi connectivity index (χ2n) is 3.94. The van der Waals surface area contributed by atoms with Crippen molar-refractivity contribution < 1.29 is 8.42 Å². The normalized spacial score (nSPS) is 11.6. The highest BCUT2D eigenvalue weighted by Gasteiger charge is 2.11. The number of aromatic nitrogens is 1. The number of thiophene rings is 1. The summed E-state index contributed by atoms with van der Waals surface area (Å²) < 4.78 is 27.3. The van der Waals surface area contributed by atoms with E-state index >= 15 is 0 Å². The Labute approximate surface area is 125 Å². The van der Waals surface area contributed by atoms with Crippen LogP contribution < -0.4 is 4.72 Å². The highest BCUT2D eigenvalue weighted by atomic mass is 79.9. The third kappa shape index (κ3) is 4.68. The molecule has 19 heavy (non-hydrogen) atoms. The number of hydrogen-bond donors (Lipinski definition) is 1. The van der Waals surface area contributed by atoms with Crippen molar-refractivity contribution in [3.63, 3.8) is 0 Å². The predicted octanol–water partition coefficient (Wildman–Crippen LogP) is 2.57. The van der Waals surface area contributed by atoms with E-state index in [-0.39, 0.29) is 5.75 Å². The fourth-order valence-electron chi connectivity index (χ4n) is 1.50. The maximum absolute atomic E-state index is 11.9. The second kappa shape index (κ2) is 6.60. The van der Waals surface area contributed by atoms with Gasteiger partial charge in [0.2, 0.25) is 10.0 Å². The molecule has 1 N–H and O–H groups in total. The van der Waals surface area contributed by atoms with Gasteiger partial charge >= 0.3 is 0 Å². The first-order chi connectivity index (χ1) is 9.07. The van der Waals surface area contributed by atoms with Gasteiger partial charge in [-0.25, -0.2) is 13.1 Å². The van der Waals surface area contributed by atoms with Crippen molar-refractivity contribution in [2.45, 2.75) is 13.0 Å². The molecule has 0 amide bonds. The van der Waals surface area contributed by atoms with Crippen LogP contribution >= 0.6 is 27.3 Å². The van der Waals surface area contributed by atoms with Crippen molar-refractivity contribution in [1.82, 2.24) is 9.71 Å². The monoisotopic (exact) mass is 360 g/mol. The minimum absolute atomic E-state index is 0.0833. The molecule has 0 aromatic carbocycles. The van der Waals surface area contributed by atoms with Crippen LogP contribution in [0.2, 0.25) is 0 Å². The van der Waals surface area contributed by atoms with E-state index in [1.807, 2.05) is 23.6 Å². The summed E-state index contributed by atoms with van der Waals surface area (Å²) in [5, 5.41) is 1.92. The van der Waals surface area contributed by atoms with E-state index in [1.165, 1.54) is 11.3 Å². The summed E-state index contributed by atoms with van der Waals surface area (Å²) in [6.07, 6.45) is 3.82. The standard InChI is InChI=1S/C12H13BrN2O2S2/c13-11-3-7-18-12(11)9-15-19(16,17)8-4-10-1-5-14-6-2-10/h1-3,5-7,15H,4,8-9H2. The van der Waals surface area contributed by atoms with E-state index in [4.69, 9.17) is 0 Å². The maximum Gasteiger partial charge on any atom is 0.212 e. The Morgan fingerprint density at radius 1 is 1.26 bits per heavy atom. The first-order valence-corrected chi connectivity index (χ1v) is 8.97. The van der Waals surface area contributed by atoms with E-state index in [0.717, 1.165) is 14.9 Å². The van der Waals surface area contributed by atoms with E-state index < -0.39 is 10.0 Å². The lowest BCUT2D eigenvalue weighted by atomic mass is 10.2. The SMILES string of the molecule is O=S(=O)(CCc1ccncc1)NCc1sccc1Br. The van der Waals surface area contributed by atoms with Crippen LogP contribution in [0.5, 0.6) is 0 Å². The topological polar surface area (TPSA) is 59.1 Å². The van der Waals surface area contributed by atoms with Crippen LogP contribution in [0.1, 0.15) is 10.4 Å². The zero-order chi connectivity index (χ0) is 13.7. The molecule has 2 rings (SSSR count). The molecule has 0 spiro atoms. The molecule has 0 aliphatic rings. The summed E-state index contributed by atoms with van der Waals surface area (Å²) in [6.45, 7) is 0.330. The highest BCUT2D eigenvalue weighted by molar-refractivity contribution is 9.10. The minimum Gasteiger partial charge on any atom is -0.265 e. The van der Waals surface area contributed by atoms with Crippen LogP contribution in [-0.2, 0) is 23.0 Å². The van der Waals surface area contributed by atoms with Crippen LogP contribution in [0.4, 0.5) is 0 Å².